The second-order valence-corrected chi connectivity index (χ2v) is 9.42. The molecule has 194 valence electrons. The molecule has 0 aliphatic heterocycles. The fourth-order valence-electron chi connectivity index (χ4n) is 3.64. The van der Waals surface area contributed by atoms with E-state index in [1.54, 1.807) is 0 Å². The van der Waals surface area contributed by atoms with Gasteiger partial charge < -0.3 is 21.3 Å². The largest absolute Gasteiger partial charge is 0.326 e. The van der Waals surface area contributed by atoms with Crippen LogP contribution in [0.4, 0.5) is 22.7 Å². The number of nitrogens with one attached hydrogen (secondary N) is 4. The number of guanidine groups is 2. The highest BCUT2D eigenvalue weighted by molar-refractivity contribution is 6.04. The standard InChI is InChI=1S/C32H36N6/c1-23-5-13-27(14-6-23)35-31(36-28-15-7-24(2)8-16-28)33-21-22-34-32(37-29-17-9-25(3)10-18-29)38-30-19-11-26(4)12-20-30/h5-20H,21-22H2,1-4H3,(H2,33,35,36)(H2,34,37,38). The van der Waals surface area contributed by atoms with Crippen LogP contribution < -0.4 is 21.3 Å². The highest BCUT2D eigenvalue weighted by Gasteiger charge is 2.04. The molecule has 4 aromatic rings. The van der Waals surface area contributed by atoms with E-state index in [4.69, 9.17) is 9.98 Å². The van der Waals surface area contributed by atoms with Crippen molar-refractivity contribution in [2.24, 2.45) is 9.98 Å². The van der Waals surface area contributed by atoms with Crippen molar-refractivity contribution in [2.45, 2.75) is 27.7 Å². The molecule has 4 rings (SSSR count). The zero-order chi connectivity index (χ0) is 26.7. The van der Waals surface area contributed by atoms with Crippen LogP contribution in [0.5, 0.6) is 0 Å². The Kier molecular flexibility index (Phi) is 9.13. The van der Waals surface area contributed by atoms with E-state index in [0.717, 1.165) is 22.7 Å². The maximum Gasteiger partial charge on any atom is 0.200 e. The molecular formula is C32H36N6. The van der Waals surface area contributed by atoms with Crippen molar-refractivity contribution in [2.75, 3.05) is 34.4 Å². The number of hydrogen-bond donors (Lipinski definition) is 4. The number of rotatable bonds is 7. The minimum Gasteiger partial charge on any atom is -0.326 e. The molecule has 0 fully saturated rings. The molecule has 0 bridgehead atoms. The first-order valence-corrected chi connectivity index (χ1v) is 12.9. The van der Waals surface area contributed by atoms with E-state index >= 15 is 0 Å². The third kappa shape index (κ3) is 8.52. The Morgan fingerprint density at radius 2 is 0.605 bits per heavy atom. The Morgan fingerprint density at radius 3 is 0.816 bits per heavy atom. The topological polar surface area (TPSA) is 72.8 Å². The first kappa shape index (κ1) is 26.5. The number of aliphatic imine (C=N–C) groups is 2. The third-order valence-corrected chi connectivity index (χ3v) is 5.90. The fraction of sp³-hybridized carbons (Fsp3) is 0.188. The Hall–Kier alpha value is -4.58. The van der Waals surface area contributed by atoms with Crippen LogP contribution in [0.15, 0.2) is 107 Å². The summed E-state index contributed by atoms with van der Waals surface area (Å²) in [6.07, 6.45) is 0. The van der Waals surface area contributed by atoms with Crippen LogP contribution in [0.25, 0.3) is 0 Å². The van der Waals surface area contributed by atoms with E-state index in [1.807, 2.05) is 0 Å². The lowest BCUT2D eigenvalue weighted by Gasteiger charge is -2.14. The van der Waals surface area contributed by atoms with Gasteiger partial charge in [-0.05, 0) is 76.2 Å². The predicted octanol–water partition coefficient (Wildman–Crippen LogP) is 7.38. The Bertz CT molecular complexity index is 1150. The van der Waals surface area contributed by atoms with Crippen molar-refractivity contribution in [3.05, 3.63) is 119 Å². The van der Waals surface area contributed by atoms with E-state index in [1.165, 1.54) is 22.3 Å². The van der Waals surface area contributed by atoms with Crippen molar-refractivity contribution in [3.8, 4) is 0 Å². The van der Waals surface area contributed by atoms with Gasteiger partial charge in [0.15, 0.2) is 11.9 Å². The molecule has 0 aliphatic carbocycles. The van der Waals surface area contributed by atoms with Crippen LogP contribution in [0, 0.1) is 27.7 Å². The number of anilines is 4. The van der Waals surface area contributed by atoms with Crippen LogP contribution in [0.3, 0.4) is 0 Å². The lowest BCUT2D eigenvalue weighted by molar-refractivity contribution is 0.972. The molecule has 0 aliphatic rings. The van der Waals surface area contributed by atoms with E-state index in [9.17, 15) is 0 Å². The van der Waals surface area contributed by atoms with Gasteiger partial charge in [-0.1, -0.05) is 70.8 Å². The van der Waals surface area contributed by atoms with Gasteiger partial charge in [-0.3, -0.25) is 9.98 Å². The van der Waals surface area contributed by atoms with Gasteiger partial charge >= 0.3 is 0 Å². The zero-order valence-electron chi connectivity index (χ0n) is 22.5. The molecule has 6 nitrogen and oxygen atoms in total. The molecule has 6 heteroatoms. The van der Waals surface area contributed by atoms with Crippen molar-refractivity contribution < 1.29 is 0 Å². The maximum atomic E-state index is 4.80. The van der Waals surface area contributed by atoms with Crippen molar-refractivity contribution in [1.82, 2.24) is 0 Å². The first-order chi connectivity index (χ1) is 18.4. The lowest BCUT2D eigenvalue weighted by atomic mass is 10.2. The normalized spacial score (nSPS) is 10.3. The minimum atomic E-state index is 0.502. The molecule has 4 aromatic carbocycles. The molecule has 0 unspecified atom stereocenters. The fourth-order valence-corrected chi connectivity index (χ4v) is 3.64. The summed E-state index contributed by atoms with van der Waals surface area (Å²) in [6.45, 7) is 9.31. The molecule has 0 aromatic heterocycles. The first-order valence-electron chi connectivity index (χ1n) is 12.9. The van der Waals surface area contributed by atoms with Gasteiger partial charge in [0.1, 0.15) is 0 Å². The summed E-state index contributed by atoms with van der Waals surface area (Å²) >= 11 is 0. The molecule has 0 heterocycles. The summed E-state index contributed by atoms with van der Waals surface area (Å²) in [7, 11) is 0. The van der Waals surface area contributed by atoms with E-state index < -0.39 is 0 Å². The molecule has 38 heavy (non-hydrogen) atoms. The van der Waals surface area contributed by atoms with Gasteiger partial charge in [0.05, 0.1) is 13.1 Å². The summed E-state index contributed by atoms with van der Waals surface area (Å²) in [5, 5.41) is 13.6. The van der Waals surface area contributed by atoms with Crippen LogP contribution in [0.1, 0.15) is 22.3 Å². The van der Waals surface area contributed by atoms with E-state index in [2.05, 4.69) is 146 Å². The second kappa shape index (κ2) is 13.1. The van der Waals surface area contributed by atoms with Gasteiger partial charge in [0.25, 0.3) is 0 Å². The van der Waals surface area contributed by atoms with Gasteiger partial charge in [0.2, 0.25) is 0 Å². The van der Waals surface area contributed by atoms with Crippen LogP contribution in [-0.2, 0) is 0 Å². The van der Waals surface area contributed by atoms with Gasteiger partial charge in [-0.15, -0.1) is 0 Å². The van der Waals surface area contributed by atoms with Crippen molar-refractivity contribution in [1.29, 1.82) is 0 Å². The summed E-state index contributed by atoms with van der Waals surface area (Å²) < 4.78 is 0. The molecule has 0 amide bonds. The summed E-state index contributed by atoms with van der Waals surface area (Å²) in [5.74, 6) is 1.35. The highest BCUT2D eigenvalue weighted by atomic mass is 15.2. The quantitative estimate of drug-likeness (QED) is 0.120. The van der Waals surface area contributed by atoms with Gasteiger partial charge in [-0.2, -0.15) is 0 Å². The second-order valence-electron chi connectivity index (χ2n) is 9.42. The number of nitrogens with zero attached hydrogens (tertiary/aromatic N) is 2. The lowest BCUT2D eigenvalue weighted by Crippen LogP contribution is -2.24. The van der Waals surface area contributed by atoms with Crippen LogP contribution in [0.2, 0.25) is 0 Å². The molecule has 0 saturated carbocycles. The number of aryl methyl sites for hydroxylation is 4. The Labute approximate surface area is 226 Å². The number of benzene rings is 4. The van der Waals surface area contributed by atoms with Crippen LogP contribution >= 0.6 is 0 Å². The molecule has 0 spiro atoms. The minimum absolute atomic E-state index is 0.502. The number of hydrogen-bond acceptors (Lipinski definition) is 2. The SMILES string of the molecule is Cc1ccc(NC(=NCCN=C(Nc2ccc(C)cc2)Nc2ccc(C)cc2)Nc2ccc(C)cc2)cc1. The summed E-state index contributed by atoms with van der Waals surface area (Å²) in [4.78, 5) is 9.60. The zero-order valence-corrected chi connectivity index (χ0v) is 22.5. The van der Waals surface area contributed by atoms with Crippen molar-refractivity contribution in [3.63, 3.8) is 0 Å². The van der Waals surface area contributed by atoms with Crippen LogP contribution in [-0.4, -0.2) is 25.0 Å². The summed E-state index contributed by atoms with van der Waals surface area (Å²) in [5.41, 5.74) is 8.74. The average Bonchev–Trinajstić information content (AvgIpc) is 2.91. The molecular weight excluding hydrogens is 468 g/mol. The third-order valence-electron chi connectivity index (χ3n) is 5.90. The Balaban J connectivity index is 1.49. The maximum absolute atomic E-state index is 4.80. The smallest absolute Gasteiger partial charge is 0.200 e. The van der Waals surface area contributed by atoms with Gasteiger partial charge in [0, 0.05) is 22.7 Å². The summed E-state index contributed by atoms with van der Waals surface area (Å²) in [6, 6.07) is 33.0. The van der Waals surface area contributed by atoms with Crippen molar-refractivity contribution >= 4 is 34.7 Å². The average molecular weight is 505 g/mol. The van der Waals surface area contributed by atoms with Gasteiger partial charge in [-0.25, -0.2) is 0 Å². The molecule has 0 saturated heterocycles. The molecule has 0 atom stereocenters. The molecule has 0 radical (unpaired) electrons. The Morgan fingerprint density at radius 1 is 0.395 bits per heavy atom. The highest BCUT2D eigenvalue weighted by Crippen LogP contribution is 2.14. The van der Waals surface area contributed by atoms with E-state index in [-0.39, 0.29) is 0 Å². The monoisotopic (exact) mass is 504 g/mol. The molecule has 4 N–H and O–H groups in total. The van der Waals surface area contributed by atoms with E-state index in [0.29, 0.717) is 25.0 Å². The predicted molar refractivity (Wildman–Crippen MR) is 164 cm³/mol.